The Balaban J connectivity index is 3.30. The SMILES string of the molecule is CC(C)(C)CCN(Cc1cc(C(=O)OC(C)(C)C)ccc1[N+](=O)[O-])C(=O)OC(C)(C)C. The summed E-state index contributed by atoms with van der Waals surface area (Å²) < 4.78 is 10.9. The third kappa shape index (κ3) is 9.81. The Morgan fingerprint density at radius 3 is 1.97 bits per heavy atom. The second-order valence-corrected chi connectivity index (χ2v) is 10.8. The fraction of sp³-hybridized carbons (Fsp3) is 0.652. The summed E-state index contributed by atoms with van der Waals surface area (Å²) in [7, 11) is 0. The molecule has 0 spiro atoms. The van der Waals surface area contributed by atoms with Crippen LogP contribution in [0.25, 0.3) is 0 Å². The molecule has 0 bridgehead atoms. The predicted octanol–water partition coefficient (Wildman–Crippen LogP) is 5.72. The van der Waals surface area contributed by atoms with Crippen LogP contribution in [0.15, 0.2) is 18.2 Å². The van der Waals surface area contributed by atoms with Gasteiger partial charge < -0.3 is 14.4 Å². The van der Waals surface area contributed by atoms with Gasteiger partial charge in [0.2, 0.25) is 0 Å². The summed E-state index contributed by atoms with van der Waals surface area (Å²) in [4.78, 5) is 37.8. The third-order valence-corrected chi connectivity index (χ3v) is 4.06. The molecule has 0 aliphatic heterocycles. The van der Waals surface area contributed by atoms with E-state index >= 15 is 0 Å². The van der Waals surface area contributed by atoms with Gasteiger partial charge in [-0.15, -0.1) is 0 Å². The average molecular weight is 437 g/mol. The first-order valence-corrected chi connectivity index (χ1v) is 10.4. The molecular formula is C23H36N2O6. The number of esters is 1. The molecule has 0 atom stereocenters. The minimum absolute atomic E-state index is 0.0510. The van der Waals surface area contributed by atoms with Gasteiger partial charge >= 0.3 is 12.1 Å². The standard InChI is InChI=1S/C23H36N2O6/c1-21(2,3)12-13-24(20(27)31-23(7,8)9)15-17-14-16(10-11-18(17)25(28)29)19(26)30-22(4,5)6/h10-11,14H,12-13,15H2,1-9H3. The number of nitrogens with zero attached hydrogens (tertiary/aromatic N) is 2. The maximum Gasteiger partial charge on any atom is 0.410 e. The molecule has 0 radical (unpaired) electrons. The zero-order valence-corrected chi connectivity index (χ0v) is 20.2. The monoisotopic (exact) mass is 436 g/mol. The maximum absolute atomic E-state index is 12.8. The number of nitro groups is 1. The summed E-state index contributed by atoms with van der Waals surface area (Å²) in [5.41, 5.74) is -1.19. The van der Waals surface area contributed by atoms with Crippen LogP contribution in [-0.2, 0) is 16.0 Å². The van der Waals surface area contributed by atoms with Gasteiger partial charge in [-0.1, -0.05) is 20.8 Å². The zero-order valence-electron chi connectivity index (χ0n) is 20.2. The van der Waals surface area contributed by atoms with E-state index in [0.29, 0.717) is 13.0 Å². The van der Waals surface area contributed by atoms with Crippen molar-refractivity contribution < 1.29 is 24.0 Å². The van der Waals surface area contributed by atoms with Gasteiger partial charge in [-0.3, -0.25) is 10.1 Å². The van der Waals surface area contributed by atoms with E-state index in [0.717, 1.165) is 0 Å². The summed E-state index contributed by atoms with van der Waals surface area (Å²) in [5.74, 6) is -0.581. The number of hydrogen-bond donors (Lipinski definition) is 0. The van der Waals surface area contributed by atoms with Crippen molar-refractivity contribution in [2.24, 2.45) is 5.41 Å². The molecule has 0 fully saturated rings. The Morgan fingerprint density at radius 2 is 1.52 bits per heavy atom. The van der Waals surface area contributed by atoms with Crippen LogP contribution in [0.5, 0.6) is 0 Å². The van der Waals surface area contributed by atoms with Crippen molar-refractivity contribution >= 4 is 17.7 Å². The summed E-state index contributed by atoms with van der Waals surface area (Å²) in [6, 6.07) is 4.05. The van der Waals surface area contributed by atoms with Crippen LogP contribution >= 0.6 is 0 Å². The Kier molecular flexibility index (Phi) is 8.23. The molecule has 0 aliphatic carbocycles. The van der Waals surface area contributed by atoms with Crippen molar-refractivity contribution in [2.45, 2.75) is 86.5 Å². The lowest BCUT2D eigenvalue weighted by atomic mass is 9.92. The highest BCUT2D eigenvalue weighted by molar-refractivity contribution is 5.90. The first-order chi connectivity index (χ1) is 13.9. The molecule has 1 amide bonds. The van der Waals surface area contributed by atoms with Crippen LogP contribution in [-0.4, -0.2) is 39.6 Å². The number of amides is 1. The second kappa shape index (κ2) is 9.66. The molecule has 8 nitrogen and oxygen atoms in total. The molecule has 174 valence electrons. The Bertz CT molecular complexity index is 813. The van der Waals surface area contributed by atoms with Gasteiger partial charge in [-0.05, 0) is 65.5 Å². The highest BCUT2D eigenvalue weighted by Gasteiger charge is 2.27. The highest BCUT2D eigenvalue weighted by Crippen LogP contribution is 2.26. The molecule has 8 heteroatoms. The van der Waals surface area contributed by atoms with Gasteiger partial charge in [0.1, 0.15) is 11.2 Å². The molecule has 0 N–H and O–H groups in total. The third-order valence-electron chi connectivity index (χ3n) is 4.06. The number of carbonyl (C=O) groups excluding carboxylic acids is 2. The van der Waals surface area contributed by atoms with Crippen LogP contribution in [0.3, 0.4) is 0 Å². The van der Waals surface area contributed by atoms with Crippen molar-refractivity contribution in [2.75, 3.05) is 6.54 Å². The van der Waals surface area contributed by atoms with Gasteiger partial charge in [0.15, 0.2) is 0 Å². The van der Waals surface area contributed by atoms with Gasteiger partial charge in [0, 0.05) is 12.6 Å². The van der Waals surface area contributed by atoms with E-state index in [1.54, 1.807) is 41.5 Å². The fourth-order valence-electron chi connectivity index (χ4n) is 2.59. The first-order valence-electron chi connectivity index (χ1n) is 10.4. The van der Waals surface area contributed by atoms with Crippen molar-refractivity contribution in [1.29, 1.82) is 0 Å². The Morgan fingerprint density at radius 1 is 0.968 bits per heavy atom. The number of benzene rings is 1. The quantitative estimate of drug-likeness (QED) is 0.321. The molecule has 1 aromatic rings. The van der Waals surface area contributed by atoms with E-state index in [2.05, 4.69) is 0 Å². The topological polar surface area (TPSA) is 99.0 Å². The van der Waals surface area contributed by atoms with Gasteiger partial charge in [-0.2, -0.15) is 0 Å². The molecule has 1 rings (SSSR count). The summed E-state index contributed by atoms with van der Waals surface area (Å²) in [6.45, 7) is 17.0. The zero-order chi connectivity index (χ0) is 24.2. The number of ether oxygens (including phenoxy) is 2. The smallest absolute Gasteiger partial charge is 0.410 e. The number of nitro benzene ring substituents is 1. The van der Waals surface area contributed by atoms with Crippen LogP contribution in [0.2, 0.25) is 0 Å². The van der Waals surface area contributed by atoms with Crippen LogP contribution in [0.1, 0.15) is 84.7 Å². The molecule has 0 saturated heterocycles. The largest absolute Gasteiger partial charge is 0.456 e. The first kappa shape index (κ1) is 26.4. The lowest BCUT2D eigenvalue weighted by Gasteiger charge is -2.29. The van der Waals surface area contributed by atoms with E-state index in [9.17, 15) is 19.7 Å². The molecule has 31 heavy (non-hydrogen) atoms. The van der Waals surface area contributed by atoms with Gasteiger partial charge in [-0.25, -0.2) is 9.59 Å². The van der Waals surface area contributed by atoms with E-state index in [1.807, 2.05) is 20.8 Å². The molecule has 0 aromatic heterocycles. The molecule has 0 aliphatic rings. The normalized spacial score (nSPS) is 12.3. The molecule has 0 heterocycles. The van der Waals surface area contributed by atoms with Crippen molar-refractivity contribution in [3.05, 3.63) is 39.4 Å². The minimum Gasteiger partial charge on any atom is -0.456 e. The Hall–Kier alpha value is -2.64. The summed E-state index contributed by atoms with van der Waals surface area (Å²) in [6.07, 6.45) is 0.111. The van der Waals surface area contributed by atoms with Crippen LogP contribution in [0, 0.1) is 15.5 Å². The van der Waals surface area contributed by atoms with Gasteiger partial charge in [0.25, 0.3) is 5.69 Å². The summed E-state index contributed by atoms with van der Waals surface area (Å²) >= 11 is 0. The van der Waals surface area contributed by atoms with Crippen LogP contribution < -0.4 is 0 Å². The van der Waals surface area contributed by atoms with E-state index in [4.69, 9.17) is 9.47 Å². The van der Waals surface area contributed by atoms with E-state index in [-0.39, 0.29) is 28.8 Å². The van der Waals surface area contributed by atoms with E-state index in [1.165, 1.54) is 23.1 Å². The summed E-state index contributed by atoms with van der Waals surface area (Å²) in [5, 5.41) is 11.6. The van der Waals surface area contributed by atoms with E-state index < -0.39 is 28.2 Å². The number of carbonyl (C=O) groups is 2. The lowest BCUT2D eigenvalue weighted by molar-refractivity contribution is -0.385. The molecule has 1 aromatic carbocycles. The highest BCUT2D eigenvalue weighted by atomic mass is 16.6. The lowest BCUT2D eigenvalue weighted by Crippen LogP contribution is -2.38. The van der Waals surface area contributed by atoms with Crippen molar-refractivity contribution in [1.82, 2.24) is 4.90 Å². The predicted molar refractivity (Wildman–Crippen MR) is 119 cm³/mol. The molecular weight excluding hydrogens is 400 g/mol. The molecule has 0 unspecified atom stereocenters. The van der Waals surface area contributed by atoms with Crippen molar-refractivity contribution in [3.63, 3.8) is 0 Å². The molecule has 0 saturated carbocycles. The van der Waals surface area contributed by atoms with Crippen molar-refractivity contribution in [3.8, 4) is 0 Å². The Labute approximate surface area is 185 Å². The average Bonchev–Trinajstić information content (AvgIpc) is 2.54. The van der Waals surface area contributed by atoms with Gasteiger partial charge in [0.05, 0.1) is 22.6 Å². The number of hydrogen-bond acceptors (Lipinski definition) is 6. The van der Waals surface area contributed by atoms with Crippen LogP contribution in [0.4, 0.5) is 10.5 Å². The number of rotatable bonds is 6. The fourth-order valence-corrected chi connectivity index (χ4v) is 2.59. The minimum atomic E-state index is -0.707. The second-order valence-electron chi connectivity index (χ2n) is 10.8. The maximum atomic E-state index is 12.8.